The summed E-state index contributed by atoms with van der Waals surface area (Å²) in [6, 6.07) is 10.3. The second-order valence-electron chi connectivity index (χ2n) is 5.30. The zero-order chi connectivity index (χ0) is 16.5. The molecule has 1 aliphatic rings. The number of para-hydroxylation sites is 1. The Labute approximate surface area is 137 Å². The monoisotopic (exact) mass is 315 g/mol. The maximum absolute atomic E-state index is 12.3. The first-order valence-electron chi connectivity index (χ1n) is 7.87. The summed E-state index contributed by atoms with van der Waals surface area (Å²) in [5, 5.41) is 6.08. The SMILES string of the molecule is C=CCNC(=NC)NCC(=O)N1CCN(c2ccccc2)CC1. The number of anilines is 1. The van der Waals surface area contributed by atoms with Crippen molar-refractivity contribution in [1.29, 1.82) is 0 Å². The molecule has 0 spiro atoms. The van der Waals surface area contributed by atoms with Crippen molar-refractivity contribution in [1.82, 2.24) is 15.5 Å². The molecule has 2 N–H and O–H groups in total. The van der Waals surface area contributed by atoms with Crippen molar-refractivity contribution in [2.75, 3.05) is 51.2 Å². The molecule has 23 heavy (non-hydrogen) atoms. The number of guanidine groups is 1. The fourth-order valence-electron chi connectivity index (χ4n) is 2.51. The van der Waals surface area contributed by atoms with Crippen molar-refractivity contribution in [2.45, 2.75) is 0 Å². The van der Waals surface area contributed by atoms with Crippen molar-refractivity contribution in [3.63, 3.8) is 0 Å². The molecule has 1 aromatic rings. The van der Waals surface area contributed by atoms with Crippen molar-refractivity contribution in [2.24, 2.45) is 4.99 Å². The molecule has 1 fully saturated rings. The molecule has 0 unspecified atom stereocenters. The number of hydrogen-bond acceptors (Lipinski definition) is 3. The lowest BCUT2D eigenvalue weighted by molar-refractivity contribution is -0.130. The molecule has 1 aliphatic heterocycles. The molecule has 6 nitrogen and oxygen atoms in total. The van der Waals surface area contributed by atoms with Crippen LogP contribution < -0.4 is 15.5 Å². The molecule has 0 saturated carbocycles. The van der Waals surface area contributed by atoms with E-state index in [1.54, 1.807) is 13.1 Å². The molecule has 124 valence electrons. The number of nitrogens with zero attached hydrogens (tertiary/aromatic N) is 3. The third kappa shape index (κ3) is 5.02. The van der Waals surface area contributed by atoms with Gasteiger partial charge in [-0.05, 0) is 12.1 Å². The van der Waals surface area contributed by atoms with Crippen LogP contribution in [0.25, 0.3) is 0 Å². The summed E-state index contributed by atoms with van der Waals surface area (Å²) in [5.74, 6) is 0.709. The molecule has 6 heteroatoms. The predicted octanol–water partition coefficient (Wildman–Crippen LogP) is 0.686. The summed E-state index contributed by atoms with van der Waals surface area (Å²) >= 11 is 0. The van der Waals surface area contributed by atoms with E-state index in [9.17, 15) is 4.79 Å². The molecular weight excluding hydrogens is 290 g/mol. The van der Waals surface area contributed by atoms with Crippen LogP contribution in [-0.4, -0.2) is 63.1 Å². The molecule has 1 amide bonds. The van der Waals surface area contributed by atoms with Crippen LogP contribution in [0.15, 0.2) is 48.0 Å². The number of aliphatic imine (C=N–C) groups is 1. The standard InChI is InChI=1S/C17H25N5O/c1-3-9-19-17(18-2)20-14-16(23)22-12-10-21(11-13-22)15-7-5-4-6-8-15/h3-8H,1,9-14H2,2H3,(H2,18,19,20). The quantitative estimate of drug-likeness (QED) is 0.477. The van der Waals surface area contributed by atoms with E-state index in [1.165, 1.54) is 5.69 Å². The van der Waals surface area contributed by atoms with Gasteiger partial charge in [-0.15, -0.1) is 6.58 Å². The van der Waals surface area contributed by atoms with Crippen LogP contribution in [-0.2, 0) is 4.79 Å². The van der Waals surface area contributed by atoms with Gasteiger partial charge in [0.2, 0.25) is 5.91 Å². The Kier molecular flexibility index (Phi) is 6.47. The van der Waals surface area contributed by atoms with Gasteiger partial charge in [-0.3, -0.25) is 9.79 Å². The Morgan fingerprint density at radius 1 is 1.22 bits per heavy atom. The molecule has 1 heterocycles. The van der Waals surface area contributed by atoms with Gasteiger partial charge >= 0.3 is 0 Å². The second-order valence-corrected chi connectivity index (χ2v) is 5.30. The average molecular weight is 315 g/mol. The fraction of sp³-hybridized carbons (Fsp3) is 0.412. The normalized spacial score (nSPS) is 15.3. The number of carbonyl (C=O) groups excluding carboxylic acids is 1. The van der Waals surface area contributed by atoms with Crippen LogP contribution in [0.4, 0.5) is 5.69 Å². The molecule has 0 bridgehead atoms. The molecule has 0 atom stereocenters. The van der Waals surface area contributed by atoms with E-state index in [-0.39, 0.29) is 12.5 Å². The van der Waals surface area contributed by atoms with Gasteiger partial charge in [0, 0.05) is 45.5 Å². The summed E-state index contributed by atoms with van der Waals surface area (Å²) in [6.45, 7) is 7.72. The topological polar surface area (TPSA) is 60.0 Å². The van der Waals surface area contributed by atoms with E-state index in [2.05, 4.69) is 39.2 Å². The van der Waals surface area contributed by atoms with Gasteiger partial charge in [-0.1, -0.05) is 24.3 Å². The first kappa shape index (κ1) is 16.9. The lowest BCUT2D eigenvalue weighted by Gasteiger charge is -2.36. The van der Waals surface area contributed by atoms with Crippen molar-refractivity contribution >= 4 is 17.6 Å². The van der Waals surface area contributed by atoms with Crippen LogP contribution in [0.2, 0.25) is 0 Å². The number of amides is 1. The smallest absolute Gasteiger partial charge is 0.242 e. The summed E-state index contributed by atoms with van der Waals surface area (Å²) in [7, 11) is 1.68. The molecule has 2 rings (SSSR count). The maximum Gasteiger partial charge on any atom is 0.242 e. The third-order valence-electron chi connectivity index (χ3n) is 3.80. The largest absolute Gasteiger partial charge is 0.368 e. The number of nitrogens with one attached hydrogen (secondary N) is 2. The third-order valence-corrected chi connectivity index (χ3v) is 3.80. The molecule has 0 aliphatic carbocycles. The number of hydrogen-bond donors (Lipinski definition) is 2. The van der Waals surface area contributed by atoms with Gasteiger partial charge in [0.1, 0.15) is 0 Å². The van der Waals surface area contributed by atoms with Crippen LogP contribution in [0.5, 0.6) is 0 Å². The zero-order valence-corrected chi connectivity index (χ0v) is 13.7. The minimum absolute atomic E-state index is 0.0965. The summed E-state index contributed by atoms with van der Waals surface area (Å²) in [5.41, 5.74) is 1.21. The molecule has 1 aromatic carbocycles. The van der Waals surface area contributed by atoms with E-state index in [4.69, 9.17) is 0 Å². The Hall–Kier alpha value is -2.50. The van der Waals surface area contributed by atoms with Crippen LogP contribution in [0, 0.1) is 0 Å². The maximum atomic E-state index is 12.3. The molecule has 0 radical (unpaired) electrons. The van der Waals surface area contributed by atoms with E-state index < -0.39 is 0 Å². The minimum atomic E-state index is 0.0965. The lowest BCUT2D eigenvalue weighted by atomic mass is 10.2. The van der Waals surface area contributed by atoms with E-state index in [0.717, 1.165) is 26.2 Å². The van der Waals surface area contributed by atoms with E-state index in [1.807, 2.05) is 23.1 Å². The summed E-state index contributed by atoms with van der Waals surface area (Å²) in [4.78, 5) is 20.5. The van der Waals surface area contributed by atoms with Gasteiger partial charge in [0.15, 0.2) is 5.96 Å². The highest BCUT2D eigenvalue weighted by atomic mass is 16.2. The minimum Gasteiger partial charge on any atom is -0.368 e. The Morgan fingerprint density at radius 2 is 1.91 bits per heavy atom. The Balaban J connectivity index is 1.76. The van der Waals surface area contributed by atoms with Crippen LogP contribution in [0.3, 0.4) is 0 Å². The average Bonchev–Trinajstić information content (AvgIpc) is 2.62. The Bertz CT molecular complexity index is 535. The van der Waals surface area contributed by atoms with Gasteiger partial charge in [0.05, 0.1) is 6.54 Å². The zero-order valence-electron chi connectivity index (χ0n) is 13.7. The van der Waals surface area contributed by atoms with Gasteiger partial charge in [-0.25, -0.2) is 0 Å². The summed E-state index contributed by atoms with van der Waals surface area (Å²) < 4.78 is 0. The highest BCUT2D eigenvalue weighted by molar-refractivity contribution is 5.86. The number of carbonyl (C=O) groups is 1. The van der Waals surface area contributed by atoms with Crippen molar-refractivity contribution in [3.8, 4) is 0 Å². The molecule has 1 saturated heterocycles. The molecule has 0 aromatic heterocycles. The highest BCUT2D eigenvalue weighted by Gasteiger charge is 2.21. The van der Waals surface area contributed by atoms with Gasteiger partial charge < -0.3 is 20.4 Å². The predicted molar refractivity (Wildman–Crippen MR) is 94.8 cm³/mol. The second kappa shape index (κ2) is 8.82. The number of piperazine rings is 1. The van der Waals surface area contributed by atoms with Crippen molar-refractivity contribution in [3.05, 3.63) is 43.0 Å². The van der Waals surface area contributed by atoms with E-state index >= 15 is 0 Å². The van der Waals surface area contributed by atoms with Crippen molar-refractivity contribution < 1.29 is 4.79 Å². The van der Waals surface area contributed by atoms with Crippen LogP contribution in [0.1, 0.15) is 0 Å². The van der Waals surface area contributed by atoms with Gasteiger partial charge in [0.25, 0.3) is 0 Å². The number of rotatable bonds is 5. The highest BCUT2D eigenvalue weighted by Crippen LogP contribution is 2.15. The molecular formula is C17H25N5O. The van der Waals surface area contributed by atoms with Gasteiger partial charge in [-0.2, -0.15) is 0 Å². The lowest BCUT2D eigenvalue weighted by Crippen LogP contribution is -2.52. The first-order valence-corrected chi connectivity index (χ1v) is 7.87. The van der Waals surface area contributed by atoms with E-state index in [0.29, 0.717) is 12.5 Å². The first-order chi connectivity index (χ1) is 11.2. The summed E-state index contributed by atoms with van der Waals surface area (Å²) in [6.07, 6.45) is 1.75. The van der Waals surface area contributed by atoms with Crippen LogP contribution >= 0.6 is 0 Å². The Morgan fingerprint density at radius 3 is 2.52 bits per heavy atom. The fourth-order valence-corrected chi connectivity index (χ4v) is 2.51. The number of benzene rings is 1.